The van der Waals surface area contributed by atoms with Crippen LogP contribution in [0, 0.1) is 5.92 Å². The molecule has 0 spiro atoms. The summed E-state index contributed by atoms with van der Waals surface area (Å²) in [7, 11) is 0. The fraction of sp³-hybridized carbons (Fsp3) is 0.636. The number of unbranched alkanes of at least 4 members (excludes halogenated alkanes) is 2. The van der Waals surface area contributed by atoms with E-state index in [-0.39, 0.29) is 23.8 Å². The molecule has 2 amide bonds. The second kappa shape index (κ2) is 10.3. The predicted molar refractivity (Wildman–Crippen MR) is 106 cm³/mol. The van der Waals surface area contributed by atoms with Crippen molar-refractivity contribution in [1.29, 1.82) is 0 Å². The lowest BCUT2D eigenvalue weighted by molar-refractivity contribution is -0.130. The average molecular weight is 359 g/mol. The van der Waals surface area contributed by atoms with E-state index in [1.807, 2.05) is 13.0 Å². The number of hydrogen-bond donors (Lipinski definition) is 2. The molecule has 0 fully saturated rings. The van der Waals surface area contributed by atoms with E-state index < -0.39 is 6.04 Å². The van der Waals surface area contributed by atoms with Crippen molar-refractivity contribution < 1.29 is 9.59 Å². The third-order valence-electron chi connectivity index (χ3n) is 5.51. The molecule has 2 rings (SSSR count). The Morgan fingerprint density at radius 2 is 1.96 bits per heavy atom. The van der Waals surface area contributed by atoms with E-state index in [4.69, 9.17) is 0 Å². The van der Waals surface area contributed by atoms with Crippen LogP contribution in [0.3, 0.4) is 0 Å². The van der Waals surface area contributed by atoms with Gasteiger partial charge >= 0.3 is 0 Å². The highest BCUT2D eigenvalue weighted by Gasteiger charge is 2.29. The lowest BCUT2D eigenvalue weighted by Crippen LogP contribution is -2.51. The second-order valence-corrected chi connectivity index (χ2v) is 7.54. The summed E-state index contributed by atoms with van der Waals surface area (Å²) in [6, 6.07) is 7.95. The van der Waals surface area contributed by atoms with Gasteiger partial charge in [-0.05, 0) is 42.7 Å². The van der Waals surface area contributed by atoms with E-state index in [1.54, 1.807) is 0 Å². The molecule has 3 unspecified atom stereocenters. The molecule has 2 N–H and O–H groups in total. The Bertz CT molecular complexity index is 600. The highest BCUT2D eigenvalue weighted by atomic mass is 16.2. The van der Waals surface area contributed by atoms with Crippen molar-refractivity contribution in [3.05, 3.63) is 35.4 Å². The van der Waals surface area contributed by atoms with Crippen LogP contribution >= 0.6 is 0 Å². The molecule has 0 aliphatic heterocycles. The highest BCUT2D eigenvalue weighted by Crippen LogP contribution is 2.29. The van der Waals surface area contributed by atoms with Crippen LogP contribution in [0.2, 0.25) is 0 Å². The zero-order chi connectivity index (χ0) is 18.9. The summed E-state index contributed by atoms with van der Waals surface area (Å²) < 4.78 is 0. The number of fused-ring (bicyclic) bond motifs is 1. The second-order valence-electron chi connectivity index (χ2n) is 7.54. The molecule has 0 bridgehead atoms. The standard InChI is InChI=1S/C22H34N2O2/c1-4-6-7-15-20(25)24-21(16(3)5-2)22(26)23-19-14-10-12-17-11-8-9-13-18(17)19/h8-9,11,13,16,19,21H,4-7,10,12,14-15H2,1-3H3,(H,23,26)(H,24,25). The summed E-state index contributed by atoms with van der Waals surface area (Å²) in [6.45, 7) is 6.21. The van der Waals surface area contributed by atoms with Crippen molar-refractivity contribution in [3.8, 4) is 0 Å². The normalized spacial score (nSPS) is 18.5. The number of rotatable bonds is 9. The van der Waals surface area contributed by atoms with Gasteiger partial charge in [0.15, 0.2) is 0 Å². The molecule has 1 aromatic rings. The van der Waals surface area contributed by atoms with Gasteiger partial charge in [0.1, 0.15) is 6.04 Å². The molecular weight excluding hydrogens is 324 g/mol. The van der Waals surface area contributed by atoms with Gasteiger partial charge in [0.25, 0.3) is 0 Å². The van der Waals surface area contributed by atoms with Crippen molar-refractivity contribution in [2.45, 2.75) is 84.2 Å². The molecule has 4 nitrogen and oxygen atoms in total. The summed E-state index contributed by atoms with van der Waals surface area (Å²) >= 11 is 0. The largest absolute Gasteiger partial charge is 0.347 e. The van der Waals surface area contributed by atoms with Crippen LogP contribution in [-0.2, 0) is 16.0 Å². The topological polar surface area (TPSA) is 58.2 Å². The first kappa shape index (κ1) is 20.5. The van der Waals surface area contributed by atoms with Crippen molar-refractivity contribution >= 4 is 11.8 Å². The smallest absolute Gasteiger partial charge is 0.243 e. The first-order chi connectivity index (χ1) is 12.6. The number of carbonyl (C=O) groups excluding carboxylic acids is 2. The van der Waals surface area contributed by atoms with Gasteiger partial charge in [0.05, 0.1) is 6.04 Å². The minimum absolute atomic E-state index is 0.0112. The van der Waals surface area contributed by atoms with E-state index in [0.717, 1.165) is 44.9 Å². The van der Waals surface area contributed by atoms with Crippen molar-refractivity contribution in [3.63, 3.8) is 0 Å². The number of benzene rings is 1. The molecule has 0 saturated heterocycles. The molecule has 144 valence electrons. The molecule has 0 saturated carbocycles. The molecule has 26 heavy (non-hydrogen) atoms. The molecular formula is C22H34N2O2. The molecule has 0 radical (unpaired) electrons. The summed E-state index contributed by atoms with van der Waals surface area (Å²) in [5.74, 6) is 0.0526. The van der Waals surface area contributed by atoms with Gasteiger partial charge in [-0.1, -0.05) is 64.3 Å². The van der Waals surface area contributed by atoms with Crippen LogP contribution in [0.25, 0.3) is 0 Å². The lowest BCUT2D eigenvalue weighted by Gasteiger charge is -2.30. The van der Waals surface area contributed by atoms with E-state index in [0.29, 0.717) is 6.42 Å². The van der Waals surface area contributed by atoms with Gasteiger partial charge < -0.3 is 10.6 Å². The van der Waals surface area contributed by atoms with Gasteiger partial charge in [0.2, 0.25) is 11.8 Å². The number of aryl methyl sites for hydroxylation is 1. The van der Waals surface area contributed by atoms with Crippen molar-refractivity contribution in [1.82, 2.24) is 10.6 Å². The van der Waals surface area contributed by atoms with Crippen LogP contribution in [0.5, 0.6) is 0 Å². The number of amides is 2. The maximum atomic E-state index is 13.0. The number of nitrogens with one attached hydrogen (secondary N) is 2. The monoisotopic (exact) mass is 358 g/mol. The highest BCUT2D eigenvalue weighted by molar-refractivity contribution is 5.88. The summed E-state index contributed by atoms with van der Waals surface area (Å²) in [6.07, 6.45) is 7.49. The van der Waals surface area contributed by atoms with E-state index in [2.05, 4.69) is 42.7 Å². The Hall–Kier alpha value is -1.84. The molecule has 3 atom stereocenters. The third-order valence-corrected chi connectivity index (χ3v) is 5.51. The van der Waals surface area contributed by atoms with Gasteiger partial charge in [-0.3, -0.25) is 9.59 Å². The van der Waals surface area contributed by atoms with E-state index >= 15 is 0 Å². The fourth-order valence-electron chi connectivity index (χ4n) is 3.65. The Labute approximate surface area is 158 Å². The van der Waals surface area contributed by atoms with Crippen LogP contribution in [-0.4, -0.2) is 17.9 Å². The van der Waals surface area contributed by atoms with Crippen LogP contribution < -0.4 is 10.6 Å². The lowest BCUT2D eigenvalue weighted by atomic mass is 9.87. The molecule has 1 aliphatic rings. The fourth-order valence-corrected chi connectivity index (χ4v) is 3.65. The summed E-state index contributed by atoms with van der Waals surface area (Å²) in [4.78, 5) is 25.2. The van der Waals surface area contributed by atoms with Gasteiger partial charge in [-0.25, -0.2) is 0 Å². The van der Waals surface area contributed by atoms with E-state index in [9.17, 15) is 9.59 Å². The number of hydrogen-bond acceptors (Lipinski definition) is 2. The zero-order valence-corrected chi connectivity index (χ0v) is 16.5. The Balaban J connectivity index is 2.02. The number of carbonyl (C=O) groups is 2. The van der Waals surface area contributed by atoms with E-state index in [1.165, 1.54) is 11.1 Å². The molecule has 0 heterocycles. The average Bonchev–Trinajstić information content (AvgIpc) is 2.66. The SMILES string of the molecule is CCCCCC(=O)NC(C(=O)NC1CCCc2ccccc21)C(C)CC. The molecule has 1 aliphatic carbocycles. The summed E-state index contributed by atoms with van der Waals surface area (Å²) in [5, 5.41) is 6.20. The van der Waals surface area contributed by atoms with Gasteiger partial charge in [-0.2, -0.15) is 0 Å². The zero-order valence-electron chi connectivity index (χ0n) is 16.5. The Kier molecular flexibility index (Phi) is 8.14. The Morgan fingerprint density at radius 1 is 1.19 bits per heavy atom. The Morgan fingerprint density at radius 3 is 2.69 bits per heavy atom. The summed E-state index contributed by atoms with van der Waals surface area (Å²) in [5.41, 5.74) is 2.55. The van der Waals surface area contributed by atoms with Crippen LogP contribution in [0.1, 0.15) is 82.9 Å². The van der Waals surface area contributed by atoms with Gasteiger partial charge in [0, 0.05) is 6.42 Å². The first-order valence-electron chi connectivity index (χ1n) is 10.2. The molecule has 4 heteroatoms. The van der Waals surface area contributed by atoms with Crippen LogP contribution in [0.4, 0.5) is 0 Å². The quantitative estimate of drug-likeness (QED) is 0.647. The molecule has 0 aromatic heterocycles. The minimum atomic E-state index is -0.455. The predicted octanol–water partition coefficient (Wildman–Crippen LogP) is 4.29. The van der Waals surface area contributed by atoms with Crippen LogP contribution in [0.15, 0.2) is 24.3 Å². The maximum absolute atomic E-state index is 13.0. The molecule has 1 aromatic carbocycles. The van der Waals surface area contributed by atoms with Crippen molar-refractivity contribution in [2.75, 3.05) is 0 Å². The maximum Gasteiger partial charge on any atom is 0.243 e. The first-order valence-corrected chi connectivity index (χ1v) is 10.2. The van der Waals surface area contributed by atoms with Crippen molar-refractivity contribution in [2.24, 2.45) is 5.92 Å². The third kappa shape index (κ3) is 5.58. The van der Waals surface area contributed by atoms with Gasteiger partial charge in [-0.15, -0.1) is 0 Å². The minimum Gasteiger partial charge on any atom is -0.347 e.